The molecule has 1 aliphatic rings. The Morgan fingerprint density at radius 1 is 0.548 bits per heavy atom. The lowest BCUT2D eigenvalue weighted by atomic mass is 9.78. The number of hydrogen-bond acceptors (Lipinski definition) is 0. The highest BCUT2D eigenvalue weighted by atomic mass is 15.0. The molecule has 0 radical (unpaired) electrons. The van der Waals surface area contributed by atoms with E-state index in [1.54, 1.807) is 0 Å². The zero-order valence-electron chi connectivity index (χ0n) is 24.4. The molecule has 0 aliphatic heterocycles. The average Bonchev–Trinajstić information content (AvgIpc) is 3.55. The van der Waals surface area contributed by atoms with Crippen LogP contribution in [0.4, 0.5) is 0 Å². The van der Waals surface area contributed by atoms with Gasteiger partial charge in [0, 0.05) is 50.1 Å². The van der Waals surface area contributed by atoms with Crippen molar-refractivity contribution in [2.24, 2.45) is 0 Å². The van der Waals surface area contributed by atoms with Gasteiger partial charge in [-0.25, -0.2) is 0 Å². The Bertz CT molecular complexity index is 2080. The van der Waals surface area contributed by atoms with Crippen LogP contribution in [0, 0.1) is 0 Å². The van der Waals surface area contributed by atoms with Crippen molar-refractivity contribution in [3.63, 3.8) is 0 Å². The molecule has 1 aliphatic carbocycles. The van der Waals surface area contributed by atoms with Crippen LogP contribution in [0.3, 0.4) is 0 Å². The highest BCUT2D eigenvalue weighted by Crippen LogP contribution is 2.40. The Labute approximate surface area is 247 Å². The molecule has 2 heterocycles. The number of fused-ring (bicyclic) bond motifs is 6. The van der Waals surface area contributed by atoms with Crippen molar-refractivity contribution in [3.05, 3.63) is 150 Å². The van der Waals surface area contributed by atoms with E-state index in [9.17, 15) is 0 Å². The molecule has 204 valence electrons. The molecule has 0 amide bonds. The molecular weight excluding hydrogens is 508 g/mol. The van der Waals surface area contributed by atoms with Gasteiger partial charge < -0.3 is 9.13 Å². The van der Waals surface area contributed by atoms with E-state index in [0.717, 1.165) is 6.42 Å². The predicted octanol–water partition coefficient (Wildman–Crippen LogP) is 10.6. The van der Waals surface area contributed by atoms with Crippen LogP contribution in [0.25, 0.3) is 50.2 Å². The second-order valence-corrected chi connectivity index (χ2v) is 12.3. The van der Waals surface area contributed by atoms with Crippen LogP contribution in [-0.4, -0.2) is 9.13 Å². The van der Waals surface area contributed by atoms with Gasteiger partial charge >= 0.3 is 0 Å². The fourth-order valence-corrected chi connectivity index (χ4v) is 7.15. The van der Waals surface area contributed by atoms with E-state index in [2.05, 4.69) is 163 Å². The van der Waals surface area contributed by atoms with Crippen molar-refractivity contribution in [3.8, 4) is 11.4 Å². The van der Waals surface area contributed by atoms with Gasteiger partial charge in [-0.15, -0.1) is 0 Å². The fraction of sp³-hybridized carbons (Fsp3) is 0.150. The number of hydrogen-bond donors (Lipinski definition) is 0. The van der Waals surface area contributed by atoms with Crippen LogP contribution < -0.4 is 0 Å². The second-order valence-electron chi connectivity index (χ2n) is 12.3. The first kappa shape index (κ1) is 24.9. The minimum atomic E-state index is -0.133. The Kier molecular flexibility index (Phi) is 5.55. The van der Waals surface area contributed by atoms with Crippen molar-refractivity contribution < 1.29 is 0 Å². The number of nitrogens with zero attached hydrogens (tertiary/aromatic N) is 2. The number of rotatable bonds is 4. The van der Waals surface area contributed by atoms with E-state index in [0.29, 0.717) is 5.92 Å². The summed E-state index contributed by atoms with van der Waals surface area (Å²) in [5, 5.41) is 3.92. The maximum atomic E-state index is 2.48. The molecule has 2 aromatic heterocycles. The monoisotopic (exact) mass is 542 g/mol. The maximum Gasteiger partial charge on any atom is 0.0541 e. The number of benzene rings is 5. The third kappa shape index (κ3) is 3.65. The van der Waals surface area contributed by atoms with Crippen LogP contribution >= 0.6 is 0 Å². The summed E-state index contributed by atoms with van der Waals surface area (Å²) < 4.78 is 4.87. The summed E-state index contributed by atoms with van der Waals surface area (Å²) in [5.74, 6) is 0.488. The van der Waals surface area contributed by atoms with Gasteiger partial charge in [0.2, 0.25) is 0 Å². The van der Waals surface area contributed by atoms with E-state index in [-0.39, 0.29) is 5.41 Å². The Morgan fingerprint density at radius 2 is 1.00 bits per heavy atom. The Balaban J connectivity index is 1.17. The Hall–Kier alpha value is -4.82. The van der Waals surface area contributed by atoms with Gasteiger partial charge in [0.25, 0.3) is 0 Å². The number of aromatic nitrogens is 2. The van der Waals surface area contributed by atoms with Crippen LogP contribution in [-0.2, 0) is 5.41 Å². The number of allylic oxidation sites excluding steroid dienone is 1. The van der Waals surface area contributed by atoms with E-state index >= 15 is 0 Å². The summed E-state index contributed by atoms with van der Waals surface area (Å²) in [5.41, 5.74) is 11.5. The van der Waals surface area contributed by atoms with Crippen LogP contribution in [0.1, 0.15) is 55.5 Å². The molecule has 1 unspecified atom stereocenters. The lowest BCUT2D eigenvalue weighted by Gasteiger charge is -2.27. The molecule has 0 spiro atoms. The molecule has 2 heteroatoms. The molecule has 0 saturated carbocycles. The first-order chi connectivity index (χ1) is 20.5. The third-order valence-corrected chi connectivity index (χ3v) is 9.47. The van der Waals surface area contributed by atoms with E-state index in [1.165, 1.54) is 66.5 Å². The van der Waals surface area contributed by atoms with Crippen molar-refractivity contribution in [1.29, 1.82) is 0 Å². The maximum absolute atomic E-state index is 2.48. The molecule has 5 aromatic carbocycles. The first-order valence-corrected chi connectivity index (χ1v) is 15.0. The summed E-state index contributed by atoms with van der Waals surface area (Å²) in [6.07, 6.45) is 5.72. The number of para-hydroxylation sites is 3. The minimum absolute atomic E-state index is 0.133. The lowest BCUT2D eigenvalue weighted by molar-refractivity contribution is 0.640. The molecule has 0 bridgehead atoms. The van der Waals surface area contributed by atoms with Gasteiger partial charge in [0.05, 0.1) is 16.6 Å². The van der Waals surface area contributed by atoms with Crippen molar-refractivity contribution >= 4 is 38.8 Å². The normalized spacial score (nSPS) is 15.1. The van der Waals surface area contributed by atoms with Gasteiger partial charge in [-0.05, 0) is 60.0 Å². The summed E-state index contributed by atoms with van der Waals surface area (Å²) in [4.78, 5) is 0. The Morgan fingerprint density at radius 3 is 1.55 bits per heavy atom. The first-order valence-electron chi connectivity index (χ1n) is 15.0. The van der Waals surface area contributed by atoms with E-state index in [4.69, 9.17) is 0 Å². The molecule has 2 nitrogen and oxygen atoms in total. The van der Waals surface area contributed by atoms with Crippen molar-refractivity contribution in [2.45, 2.75) is 38.5 Å². The molecule has 42 heavy (non-hydrogen) atoms. The molecular formula is C40H34N2. The predicted molar refractivity (Wildman–Crippen MR) is 178 cm³/mol. The van der Waals surface area contributed by atoms with Crippen LogP contribution in [0.2, 0.25) is 0 Å². The molecule has 0 N–H and O–H groups in total. The SMILES string of the molecule is CC1CC=Cc2c1n(-c1ccc(C(C)(C)c3ccc(-n4c5ccccc5c5ccccc54)cc3)cc1)c1ccccc21. The molecule has 1 atom stereocenters. The average molecular weight is 543 g/mol. The summed E-state index contributed by atoms with van der Waals surface area (Å²) in [7, 11) is 0. The second kappa shape index (κ2) is 9.36. The van der Waals surface area contributed by atoms with Gasteiger partial charge in [0.15, 0.2) is 0 Å². The van der Waals surface area contributed by atoms with Gasteiger partial charge in [-0.3, -0.25) is 0 Å². The van der Waals surface area contributed by atoms with Crippen LogP contribution in [0.5, 0.6) is 0 Å². The van der Waals surface area contributed by atoms with Gasteiger partial charge in [-0.2, -0.15) is 0 Å². The molecule has 7 aromatic rings. The molecule has 0 saturated heterocycles. The lowest BCUT2D eigenvalue weighted by Crippen LogP contribution is -2.19. The summed E-state index contributed by atoms with van der Waals surface area (Å²) in [6.45, 7) is 7.01. The minimum Gasteiger partial charge on any atom is -0.313 e. The largest absolute Gasteiger partial charge is 0.313 e. The summed E-state index contributed by atoms with van der Waals surface area (Å²) in [6, 6.07) is 44.6. The molecule has 0 fully saturated rings. The quantitative estimate of drug-likeness (QED) is 0.209. The van der Waals surface area contributed by atoms with Gasteiger partial charge in [-0.1, -0.05) is 112 Å². The highest BCUT2D eigenvalue weighted by Gasteiger charge is 2.26. The summed E-state index contributed by atoms with van der Waals surface area (Å²) >= 11 is 0. The zero-order valence-corrected chi connectivity index (χ0v) is 24.4. The van der Waals surface area contributed by atoms with E-state index in [1.807, 2.05) is 0 Å². The van der Waals surface area contributed by atoms with E-state index < -0.39 is 0 Å². The van der Waals surface area contributed by atoms with Crippen molar-refractivity contribution in [1.82, 2.24) is 9.13 Å². The highest BCUT2D eigenvalue weighted by molar-refractivity contribution is 6.09. The third-order valence-electron chi connectivity index (χ3n) is 9.47. The smallest absolute Gasteiger partial charge is 0.0541 e. The standard InChI is InChI=1S/C40H34N2/c1-27-11-10-15-35-34-14-6-9-18-38(34)42(39(27)35)31-25-21-29(22-26-31)40(2,3)28-19-23-30(24-20-28)41-36-16-7-4-12-32(36)33-13-5-8-17-37(33)41/h4-10,12-27H,11H2,1-3H3. The fourth-order valence-electron chi connectivity index (χ4n) is 7.15. The zero-order chi connectivity index (χ0) is 28.4. The van der Waals surface area contributed by atoms with Gasteiger partial charge in [0.1, 0.15) is 0 Å². The molecule has 8 rings (SSSR count). The van der Waals surface area contributed by atoms with Crippen LogP contribution in [0.15, 0.2) is 127 Å². The van der Waals surface area contributed by atoms with Crippen molar-refractivity contribution in [2.75, 3.05) is 0 Å². The topological polar surface area (TPSA) is 9.86 Å².